The third kappa shape index (κ3) is 5.50. The van der Waals surface area contributed by atoms with E-state index in [1.54, 1.807) is 19.1 Å². The summed E-state index contributed by atoms with van der Waals surface area (Å²) in [6.07, 6.45) is 5.13. The molecule has 0 saturated carbocycles. The maximum Gasteiger partial charge on any atom is 0.387 e. The zero-order valence-electron chi connectivity index (χ0n) is 19.7. The van der Waals surface area contributed by atoms with Crippen molar-refractivity contribution in [2.75, 3.05) is 11.9 Å². The van der Waals surface area contributed by atoms with Gasteiger partial charge < -0.3 is 14.8 Å². The van der Waals surface area contributed by atoms with Gasteiger partial charge in [0.2, 0.25) is 5.95 Å². The third-order valence-electron chi connectivity index (χ3n) is 6.01. The molecule has 4 rings (SSSR count). The normalized spacial score (nSPS) is 15.3. The van der Waals surface area contributed by atoms with Crippen LogP contribution < -0.4 is 10.1 Å². The van der Waals surface area contributed by atoms with Crippen molar-refractivity contribution in [3.05, 3.63) is 63.8 Å². The number of fused-ring (bicyclic) bond motifs is 3. The molecule has 1 aliphatic heterocycles. The Morgan fingerprint density at radius 3 is 2.71 bits per heavy atom. The highest BCUT2D eigenvalue weighted by molar-refractivity contribution is 9.10. The first-order chi connectivity index (χ1) is 16.9. The molecule has 1 aliphatic rings. The molecule has 1 N–H and O–H groups in total. The summed E-state index contributed by atoms with van der Waals surface area (Å²) in [6.45, 7) is 1.19. The van der Waals surface area contributed by atoms with Crippen molar-refractivity contribution in [3.63, 3.8) is 0 Å². The second-order valence-corrected chi connectivity index (χ2v) is 9.39. The van der Waals surface area contributed by atoms with Crippen LogP contribution in [-0.2, 0) is 9.53 Å². The van der Waals surface area contributed by atoms with Crippen LogP contribution in [0.3, 0.4) is 0 Å². The number of imidazole rings is 1. The average molecular weight is 548 g/mol. The summed E-state index contributed by atoms with van der Waals surface area (Å²) in [6, 6.07) is 11.5. The molecule has 0 saturated heterocycles. The number of alkyl halides is 2. The van der Waals surface area contributed by atoms with Gasteiger partial charge in [-0.05, 0) is 43.7 Å². The van der Waals surface area contributed by atoms with E-state index in [1.165, 1.54) is 6.07 Å². The van der Waals surface area contributed by atoms with E-state index in [4.69, 9.17) is 9.47 Å². The number of halogens is 3. The Balaban J connectivity index is 1.77. The summed E-state index contributed by atoms with van der Waals surface area (Å²) in [7, 11) is 0. The highest BCUT2D eigenvalue weighted by atomic mass is 79.9. The molecule has 0 bridgehead atoms. The number of para-hydroxylation sites is 2. The van der Waals surface area contributed by atoms with Crippen LogP contribution in [0.4, 0.5) is 14.7 Å². The lowest BCUT2D eigenvalue weighted by Crippen LogP contribution is -2.29. The molecule has 0 radical (unpaired) electrons. The first-order valence-corrected chi connectivity index (χ1v) is 12.6. The summed E-state index contributed by atoms with van der Waals surface area (Å²) in [5.74, 6) is -0.00817. The predicted molar refractivity (Wildman–Crippen MR) is 135 cm³/mol. The molecule has 0 spiro atoms. The number of rotatable bonds is 10. The second-order valence-electron chi connectivity index (χ2n) is 8.47. The number of esters is 1. The van der Waals surface area contributed by atoms with Crippen LogP contribution in [0.2, 0.25) is 0 Å². The fourth-order valence-corrected chi connectivity index (χ4v) is 4.79. The fraction of sp³-hybridized carbons (Fsp3) is 0.385. The summed E-state index contributed by atoms with van der Waals surface area (Å²) in [5, 5.41) is 3.20. The number of unbranched alkanes of at least 4 members (excludes halogenated alkanes) is 4. The lowest BCUT2D eigenvalue weighted by atomic mass is 9.94. The van der Waals surface area contributed by atoms with Crippen LogP contribution in [0.15, 0.2) is 58.2 Å². The Morgan fingerprint density at radius 1 is 1.17 bits per heavy atom. The van der Waals surface area contributed by atoms with E-state index in [9.17, 15) is 13.6 Å². The number of hydrogen-bond donors (Lipinski definition) is 1. The molecule has 2 heterocycles. The van der Waals surface area contributed by atoms with E-state index in [0.29, 0.717) is 39.4 Å². The van der Waals surface area contributed by atoms with E-state index in [0.717, 1.165) is 37.6 Å². The number of nitrogens with zero attached hydrogens (tertiary/aromatic N) is 2. The van der Waals surface area contributed by atoms with E-state index in [2.05, 4.69) is 33.2 Å². The summed E-state index contributed by atoms with van der Waals surface area (Å²) >= 11 is 3.44. The van der Waals surface area contributed by atoms with Crippen LogP contribution >= 0.6 is 15.9 Å². The number of carbonyl (C=O) groups is 1. The van der Waals surface area contributed by atoms with Crippen molar-refractivity contribution < 1.29 is 23.0 Å². The van der Waals surface area contributed by atoms with Crippen molar-refractivity contribution >= 4 is 38.9 Å². The zero-order valence-corrected chi connectivity index (χ0v) is 21.3. The molecule has 0 aliphatic carbocycles. The number of ether oxygens (including phenoxy) is 2. The summed E-state index contributed by atoms with van der Waals surface area (Å²) in [4.78, 5) is 18.1. The molecule has 1 atom stereocenters. The summed E-state index contributed by atoms with van der Waals surface area (Å²) in [5.41, 5.74) is 2.74. The van der Waals surface area contributed by atoms with Gasteiger partial charge in [-0.25, -0.2) is 9.78 Å². The van der Waals surface area contributed by atoms with E-state index in [1.807, 2.05) is 28.8 Å². The lowest BCUT2D eigenvalue weighted by Gasteiger charge is -2.31. The van der Waals surface area contributed by atoms with Gasteiger partial charge in [0.15, 0.2) is 0 Å². The minimum Gasteiger partial charge on any atom is -0.462 e. The maximum atomic E-state index is 13.4. The zero-order chi connectivity index (χ0) is 24.9. The van der Waals surface area contributed by atoms with Crippen LogP contribution in [0.5, 0.6) is 5.75 Å². The third-order valence-corrected chi connectivity index (χ3v) is 6.51. The predicted octanol–water partition coefficient (Wildman–Crippen LogP) is 7.20. The van der Waals surface area contributed by atoms with Gasteiger partial charge in [0, 0.05) is 15.7 Å². The van der Waals surface area contributed by atoms with Crippen molar-refractivity contribution in [3.8, 4) is 5.75 Å². The number of nitrogens with one attached hydrogen (secondary N) is 1. The standard InChI is InChI=1S/C26H28BrF2N3O3/c1-3-4-5-6-9-14-34-24(33)22-16(2)30-26-31-19-10-7-8-11-20(19)32(26)23(22)18-15-17(27)12-13-21(18)35-25(28)29/h7-8,10-13,15,23,25H,3-6,9,14H2,1-2H3,(H,30,31). The highest BCUT2D eigenvalue weighted by Crippen LogP contribution is 2.43. The van der Waals surface area contributed by atoms with Gasteiger partial charge >= 0.3 is 12.6 Å². The van der Waals surface area contributed by atoms with Crippen molar-refractivity contribution in [1.29, 1.82) is 0 Å². The molecule has 35 heavy (non-hydrogen) atoms. The smallest absolute Gasteiger partial charge is 0.387 e. The van der Waals surface area contributed by atoms with Gasteiger partial charge in [0.05, 0.1) is 29.3 Å². The van der Waals surface area contributed by atoms with Crippen LogP contribution in [0, 0.1) is 0 Å². The molecule has 1 unspecified atom stereocenters. The molecule has 2 aromatic carbocycles. The first-order valence-electron chi connectivity index (χ1n) is 11.8. The van der Waals surface area contributed by atoms with Gasteiger partial charge in [-0.2, -0.15) is 8.78 Å². The Morgan fingerprint density at radius 2 is 1.94 bits per heavy atom. The minimum absolute atomic E-state index is 0.0171. The quantitative estimate of drug-likeness (QED) is 0.214. The van der Waals surface area contributed by atoms with Crippen LogP contribution in [-0.4, -0.2) is 28.7 Å². The monoisotopic (exact) mass is 547 g/mol. The number of anilines is 1. The number of benzene rings is 2. The molecule has 3 aromatic rings. The van der Waals surface area contributed by atoms with Gasteiger partial charge in [0.1, 0.15) is 5.75 Å². The SMILES string of the molecule is CCCCCCCOC(=O)C1=C(C)Nc2nc3ccccc3n2C1c1cc(Br)ccc1OC(F)F. The largest absolute Gasteiger partial charge is 0.462 e. The molecule has 9 heteroatoms. The fourth-order valence-electron chi connectivity index (χ4n) is 4.41. The van der Waals surface area contributed by atoms with Gasteiger partial charge in [0.25, 0.3) is 0 Å². The molecular formula is C26H28BrF2N3O3. The average Bonchev–Trinajstić information content (AvgIpc) is 3.19. The topological polar surface area (TPSA) is 65.4 Å². The Labute approximate surface area is 211 Å². The second kappa shape index (κ2) is 11.2. The number of aromatic nitrogens is 2. The summed E-state index contributed by atoms with van der Waals surface area (Å²) < 4.78 is 39.7. The molecule has 0 fully saturated rings. The van der Waals surface area contributed by atoms with Gasteiger partial charge in [-0.1, -0.05) is 60.7 Å². The lowest BCUT2D eigenvalue weighted by molar-refractivity contribution is -0.139. The number of carbonyl (C=O) groups excluding carboxylic acids is 1. The van der Waals surface area contributed by atoms with E-state index < -0.39 is 18.6 Å². The highest BCUT2D eigenvalue weighted by Gasteiger charge is 2.37. The Kier molecular flexibility index (Phi) is 8.05. The van der Waals surface area contributed by atoms with E-state index >= 15 is 0 Å². The Hall–Kier alpha value is -2.94. The van der Waals surface area contributed by atoms with Gasteiger partial charge in [-0.3, -0.25) is 4.57 Å². The molecular weight excluding hydrogens is 520 g/mol. The van der Waals surface area contributed by atoms with Crippen LogP contribution in [0.1, 0.15) is 57.6 Å². The van der Waals surface area contributed by atoms with Gasteiger partial charge in [-0.15, -0.1) is 0 Å². The van der Waals surface area contributed by atoms with Crippen molar-refractivity contribution in [2.45, 2.75) is 58.6 Å². The molecule has 6 nitrogen and oxygen atoms in total. The van der Waals surface area contributed by atoms with E-state index in [-0.39, 0.29) is 5.75 Å². The van der Waals surface area contributed by atoms with Crippen molar-refractivity contribution in [1.82, 2.24) is 9.55 Å². The van der Waals surface area contributed by atoms with Crippen molar-refractivity contribution in [2.24, 2.45) is 0 Å². The minimum atomic E-state index is -3.01. The maximum absolute atomic E-state index is 13.4. The number of hydrogen-bond acceptors (Lipinski definition) is 5. The first kappa shape index (κ1) is 25.2. The molecule has 1 aromatic heterocycles. The molecule has 186 valence electrons. The number of allylic oxidation sites excluding steroid dienone is 1. The van der Waals surface area contributed by atoms with Crippen LogP contribution in [0.25, 0.3) is 11.0 Å². The Bertz CT molecular complexity index is 1240. The molecule has 0 amide bonds.